The molecule has 0 radical (unpaired) electrons. The highest BCUT2D eigenvalue weighted by Crippen LogP contribution is 2.30. The Morgan fingerprint density at radius 1 is 1.31 bits per heavy atom. The van der Waals surface area contributed by atoms with Gasteiger partial charge in [-0.05, 0) is 19.9 Å². The number of halogens is 2. The van der Waals surface area contributed by atoms with Crippen molar-refractivity contribution in [1.29, 1.82) is 0 Å². The number of hydrogen-bond acceptors (Lipinski definition) is 7. The molecule has 1 aromatic carbocycles. The first-order chi connectivity index (χ1) is 12.1. The van der Waals surface area contributed by atoms with E-state index in [1.165, 1.54) is 32.2 Å². The summed E-state index contributed by atoms with van der Waals surface area (Å²) < 4.78 is 45.2. The van der Waals surface area contributed by atoms with Crippen LogP contribution in [0.1, 0.15) is 24.5 Å². The van der Waals surface area contributed by atoms with Crippen LogP contribution in [-0.4, -0.2) is 36.5 Å². The van der Waals surface area contributed by atoms with Crippen molar-refractivity contribution in [1.82, 2.24) is 19.7 Å². The van der Waals surface area contributed by atoms with Gasteiger partial charge < -0.3 is 4.74 Å². The SMILES string of the molecule is COc1nc(C)nc(NC(=O)NS(=O)(=O)c2c(Cl)cccc2C(C)F)n1. The third-order valence-electron chi connectivity index (χ3n) is 3.06. The van der Waals surface area contributed by atoms with Crippen LogP contribution in [0.15, 0.2) is 23.1 Å². The maximum Gasteiger partial charge on any atom is 0.335 e. The van der Waals surface area contributed by atoms with E-state index in [2.05, 4.69) is 20.3 Å². The number of hydrogen-bond donors (Lipinski definition) is 2. The monoisotopic (exact) mass is 403 g/mol. The molecule has 2 aromatic rings. The molecular weight excluding hydrogens is 389 g/mol. The Morgan fingerprint density at radius 3 is 2.62 bits per heavy atom. The van der Waals surface area contributed by atoms with Crippen LogP contribution in [0.3, 0.4) is 0 Å². The minimum absolute atomic E-state index is 0.0599. The molecule has 12 heteroatoms. The van der Waals surface area contributed by atoms with Crippen LogP contribution in [0.5, 0.6) is 6.01 Å². The Kier molecular flexibility index (Phi) is 5.93. The summed E-state index contributed by atoms with van der Waals surface area (Å²) in [5.41, 5.74) is -0.171. The second kappa shape index (κ2) is 7.79. The van der Waals surface area contributed by atoms with Gasteiger partial charge in [-0.3, -0.25) is 5.32 Å². The molecule has 0 aliphatic rings. The maximum absolute atomic E-state index is 13.7. The number of carbonyl (C=O) groups excluding carboxylic acids is 1. The summed E-state index contributed by atoms with van der Waals surface area (Å²) in [5, 5.41) is 1.93. The largest absolute Gasteiger partial charge is 0.467 e. The molecule has 2 amide bonds. The molecule has 2 rings (SSSR count). The fourth-order valence-electron chi connectivity index (χ4n) is 2.03. The van der Waals surface area contributed by atoms with E-state index in [-0.39, 0.29) is 28.4 Å². The van der Waals surface area contributed by atoms with E-state index < -0.39 is 27.1 Å². The van der Waals surface area contributed by atoms with Crippen molar-refractivity contribution in [2.45, 2.75) is 24.9 Å². The third-order valence-corrected chi connectivity index (χ3v) is 4.93. The highest BCUT2D eigenvalue weighted by atomic mass is 35.5. The van der Waals surface area contributed by atoms with Crippen molar-refractivity contribution in [2.75, 3.05) is 12.4 Å². The number of ether oxygens (including phenoxy) is 1. The molecule has 0 spiro atoms. The third kappa shape index (κ3) is 4.55. The normalized spacial score (nSPS) is 12.3. The van der Waals surface area contributed by atoms with Crippen LogP contribution in [0.2, 0.25) is 5.02 Å². The van der Waals surface area contributed by atoms with Crippen molar-refractivity contribution in [3.63, 3.8) is 0 Å². The molecule has 1 unspecified atom stereocenters. The quantitative estimate of drug-likeness (QED) is 0.785. The van der Waals surface area contributed by atoms with Gasteiger partial charge in [0.1, 0.15) is 16.9 Å². The zero-order chi connectivity index (χ0) is 19.5. The highest BCUT2D eigenvalue weighted by molar-refractivity contribution is 7.90. The number of methoxy groups -OCH3 is 1. The molecule has 0 aliphatic carbocycles. The number of sulfonamides is 1. The zero-order valence-corrected chi connectivity index (χ0v) is 15.5. The first kappa shape index (κ1) is 19.8. The molecule has 140 valence electrons. The number of urea groups is 1. The standard InChI is InChI=1S/C14H15ClFN5O4S/c1-7(16)9-5-4-6-10(15)11(9)26(23,24)21-13(22)19-12-17-8(2)18-14(20-12)25-3/h4-7H,1-3H3,(H2,17,18,19,20,21,22). The molecule has 0 fully saturated rings. The van der Waals surface area contributed by atoms with Crippen LogP contribution in [-0.2, 0) is 10.0 Å². The van der Waals surface area contributed by atoms with Crippen LogP contribution in [0.4, 0.5) is 15.1 Å². The van der Waals surface area contributed by atoms with Crippen LogP contribution >= 0.6 is 11.6 Å². The molecule has 0 saturated carbocycles. The molecular formula is C14H15ClFN5O4S. The van der Waals surface area contributed by atoms with E-state index in [9.17, 15) is 17.6 Å². The number of amides is 2. The van der Waals surface area contributed by atoms with Crippen LogP contribution < -0.4 is 14.8 Å². The predicted molar refractivity (Wildman–Crippen MR) is 91.4 cm³/mol. The Morgan fingerprint density at radius 2 is 2.00 bits per heavy atom. The van der Waals surface area contributed by atoms with Crippen molar-refractivity contribution < 1.29 is 22.3 Å². The molecule has 1 aromatic heterocycles. The summed E-state index contributed by atoms with van der Waals surface area (Å²) in [7, 11) is -3.13. The minimum Gasteiger partial charge on any atom is -0.467 e. The topological polar surface area (TPSA) is 123 Å². The number of nitrogens with zero attached hydrogens (tertiary/aromatic N) is 3. The van der Waals surface area contributed by atoms with Crippen molar-refractivity contribution >= 4 is 33.6 Å². The molecule has 2 N–H and O–H groups in total. The molecule has 1 heterocycles. The molecule has 26 heavy (non-hydrogen) atoms. The summed E-state index contributed by atoms with van der Waals surface area (Å²) in [6, 6.07) is 2.74. The van der Waals surface area contributed by atoms with E-state index in [0.29, 0.717) is 0 Å². The van der Waals surface area contributed by atoms with E-state index in [1.807, 2.05) is 0 Å². The smallest absolute Gasteiger partial charge is 0.335 e. The van der Waals surface area contributed by atoms with Gasteiger partial charge in [0.05, 0.1) is 12.1 Å². The molecule has 0 aliphatic heterocycles. The van der Waals surface area contributed by atoms with E-state index in [0.717, 1.165) is 6.92 Å². The lowest BCUT2D eigenvalue weighted by atomic mass is 10.1. The van der Waals surface area contributed by atoms with Crippen molar-refractivity contribution in [3.05, 3.63) is 34.6 Å². The molecule has 1 atom stereocenters. The molecule has 0 saturated heterocycles. The molecule has 0 bridgehead atoms. The number of anilines is 1. The van der Waals surface area contributed by atoms with Gasteiger partial charge in [-0.25, -0.2) is 22.3 Å². The fourth-order valence-corrected chi connectivity index (χ4v) is 3.78. The van der Waals surface area contributed by atoms with E-state index in [1.54, 1.807) is 4.72 Å². The second-order valence-electron chi connectivity index (χ2n) is 5.03. The summed E-state index contributed by atoms with van der Waals surface area (Å²) in [4.78, 5) is 22.9. The van der Waals surface area contributed by atoms with Gasteiger partial charge in [-0.15, -0.1) is 0 Å². The van der Waals surface area contributed by atoms with Crippen molar-refractivity contribution in [2.24, 2.45) is 0 Å². The van der Waals surface area contributed by atoms with Crippen LogP contribution in [0, 0.1) is 6.92 Å². The summed E-state index contributed by atoms with van der Waals surface area (Å²) >= 11 is 5.89. The number of aryl methyl sites for hydroxylation is 1. The average Bonchev–Trinajstić information content (AvgIpc) is 2.52. The number of benzene rings is 1. The second-order valence-corrected chi connectivity index (χ2v) is 7.05. The fraction of sp³-hybridized carbons (Fsp3) is 0.286. The first-order valence-electron chi connectivity index (χ1n) is 7.17. The van der Waals surface area contributed by atoms with E-state index >= 15 is 0 Å². The van der Waals surface area contributed by atoms with Crippen LogP contribution in [0.25, 0.3) is 0 Å². The Labute approximate surface area is 154 Å². The Bertz CT molecular complexity index is 939. The minimum atomic E-state index is -4.45. The van der Waals surface area contributed by atoms with Gasteiger partial charge in [0, 0.05) is 5.56 Å². The maximum atomic E-state index is 13.7. The number of rotatable bonds is 5. The molecule has 9 nitrogen and oxygen atoms in total. The van der Waals surface area contributed by atoms with Crippen molar-refractivity contribution in [3.8, 4) is 6.01 Å². The first-order valence-corrected chi connectivity index (χ1v) is 9.03. The summed E-state index contributed by atoms with van der Waals surface area (Å²) in [6.45, 7) is 2.69. The lowest BCUT2D eigenvalue weighted by molar-refractivity contribution is 0.256. The number of alkyl halides is 1. The highest BCUT2D eigenvalue weighted by Gasteiger charge is 2.27. The van der Waals surface area contributed by atoms with Gasteiger partial charge >= 0.3 is 12.0 Å². The summed E-state index contributed by atoms with van der Waals surface area (Å²) in [6.07, 6.45) is -1.61. The van der Waals surface area contributed by atoms with E-state index in [4.69, 9.17) is 16.3 Å². The Hall–Kier alpha value is -2.53. The number of aromatic nitrogens is 3. The number of carbonyl (C=O) groups is 1. The lowest BCUT2D eigenvalue weighted by Crippen LogP contribution is -2.35. The van der Waals surface area contributed by atoms with Gasteiger partial charge in [-0.1, -0.05) is 23.7 Å². The zero-order valence-electron chi connectivity index (χ0n) is 13.9. The lowest BCUT2D eigenvalue weighted by Gasteiger charge is -2.14. The summed E-state index contributed by atoms with van der Waals surface area (Å²) in [5.74, 6) is 0.0231. The predicted octanol–water partition coefficient (Wildman–Crippen LogP) is 2.38. The van der Waals surface area contributed by atoms with Gasteiger partial charge in [-0.2, -0.15) is 15.0 Å². The van der Waals surface area contributed by atoms with Gasteiger partial charge in [0.15, 0.2) is 0 Å². The number of nitrogens with one attached hydrogen (secondary N) is 2. The van der Waals surface area contributed by atoms with Gasteiger partial charge in [0.2, 0.25) is 5.95 Å². The van der Waals surface area contributed by atoms with Gasteiger partial charge in [0.25, 0.3) is 10.0 Å². The average molecular weight is 404 g/mol. The Balaban J connectivity index is 2.28.